The number of allylic oxidation sites excluding steroid dienone is 1. The van der Waals surface area contributed by atoms with E-state index in [1.807, 2.05) is 48.2 Å². The van der Waals surface area contributed by atoms with Gasteiger partial charge in [-0.25, -0.2) is 0 Å². The molecule has 3 aliphatic heterocycles. The van der Waals surface area contributed by atoms with Gasteiger partial charge in [0, 0.05) is 65.1 Å². The second-order valence-electron chi connectivity index (χ2n) is 8.98. The number of nitrogens with zero attached hydrogens (tertiary/aromatic N) is 4. The summed E-state index contributed by atoms with van der Waals surface area (Å²) < 4.78 is 11.1. The fourth-order valence-electron chi connectivity index (χ4n) is 5.08. The van der Waals surface area contributed by atoms with Crippen molar-refractivity contribution >= 4 is 23.1 Å². The Labute approximate surface area is 200 Å². The minimum absolute atomic E-state index is 0.00892. The van der Waals surface area contributed by atoms with Crippen LogP contribution in [0.15, 0.2) is 35.7 Å². The molecule has 0 spiro atoms. The van der Waals surface area contributed by atoms with E-state index in [0.717, 1.165) is 37.5 Å². The summed E-state index contributed by atoms with van der Waals surface area (Å²) in [6.07, 6.45) is 1.03. The number of ketones is 1. The molecule has 1 N–H and O–H groups in total. The molecule has 9 nitrogen and oxygen atoms in total. The SMILES string of the molecule is CN1C(=C(C#N)C(=O)CCC(=O)NCC(C2CCOC2)N2CCOCC2)N(C)c2ccccc21. The van der Waals surface area contributed by atoms with Gasteiger partial charge in [-0.2, -0.15) is 5.26 Å². The van der Waals surface area contributed by atoms with E-state index in [1.165, 1.54) is 0 Å². The highest BCUT2D eigenvalue weighted by atomic mass is 16.5. The van der Waals surface area contributed by atoms with Gasteiger partial charge in [0.25, 0.3) is 0 Å². The molecule has 1 aromatic rings. The van der Waals surface area contributed by atoms with Crippen LogP contribution in [0.2, 0.25) is 0 Å². The molecule has 4 rings (SSSR count). The number of hydrogen-bond acceptors (Lipinski definition) is 8. The summed E-state index contributed by atoms with van der Waals surface area (Å²) in [7, 11) is 3.68. The summed E-state index contributed by atoms with van der Waals surface area (Å²) in [5.74, 6) is 0.421. The highest BCUT2D eigenvalue weighted by Crippen LogP contribution is 2.40. The Morgan fingerprint density at radius 3 is 2.35 bits per heavy atom. The molecule has 0 saturated carbocycles. The van der Waals surface area contributed by atoms with Gasteiger partial charge in [0.1, 0.15) is 17.5 Å². The molecule has 0 aliphatic carbocycles. The molecular weight excluding hydrogens is 434 g/mol. The van der Waals surface area contributed by atoms with Crippen LogP contribution in [0.25, 0.3) is 0 Å². The van der Waals surface area contributed by atoms with Gasteiger partial charge in [0.15, 0.2) is 5.78 Å². The summed E-state index contributed by atoms with van der Waals surface area (Å²) in [6.45, 7) is 5.07. The van der Waals surface area contributed by atoms with Crippen LogP contribution >= 0.6 is 0 Å². The van der Waals surface area contributed by atoms with Gasteiger partial charge in [-0.15, -0.1) is 0 Å². The number of benzene rings is 1. The summed E-state index contributed by atoms with van der Waals surface area (Å²) in [4.78, 5) is 31.7. The van der Waals surface area contributed by atoms with E-state index in [2.05, 4.69) is 16.3 Å². The summed E-state index contributed by atoms with van der Waals surface area (Å²) in [5.41, 5.74) is 1.94. The van der Waals surface area contributed by atoms with E-state index in [-0.39, 0.29) is 36.1 Å². The van der Waals surface area contributed by atoms with E-state index in [1.54, 1.807) is 0 Å². The van der Waals surface area contributed by atoms with Crippen LogP contribution in [-0.2, 0) is 19.1 Å². The lowest BCUT2D eigenvalue weighted by Gasteiger charge is -2.37. The highest BCUT2D eigenvalue weighted by molar-refractivity contribution is 6.03. The van der Waals surface area contributed by atoms with Crippen molar-refractivity contribution in [3.05, 3.63) is 35.7 Å². The predicted molar refractivity (Wildman–Crippen MR) is 128 cm³/mol. The average Bonchev–Trinajstić information content (AvgIpc) is 3.48. The first kappa shape index (κ1) is 24.2. The lowest BCUT2D eigenvalue weighted by Crippen LogP contribution is -2.52. The average molecular weight is 468 g/mol. The third kappa shape index (κ3) is 5.09. The number of amides is 1. The first-order valence-corrected chi connectivity index (χ1v) is 11.9. The van der Waals surface area contributed by atoms with E-state index in [0.29, 0.717) is 38.1 Å². The van der Waals surface area contributed by atoms with Crippen LogP contribution in [0.5, 0.6) is 0 Å². The molecule has 34 heavy (non-hydrogen) atoms. The van der Waals surface area contributed by atoms with Gasteiger partial charge in [-0.05, 0) is 18.6 Å². The lowest BCUT2D eigenvalue weighted by molar-refractivity contribution is -0.124. The van der Waals surface area contributed by atoms with Crippen molar-refractivity contribution in [2.45, 2.75) is 25.3 Å². The number of hydrogen-bond donors (Lipinski definition) is 1. The number of ether oxygens (including phenoxy) is 2. The minimum Gasteiger partial charge on any atom is -0.381 e. The van der Waals surface area contributed by atoms with Crippen molar-refractivity contribution in [3.8, 4) is 6.07 Å². The van der Waals surface area contributed by atoms with Crippen LogP contribution in [0.1, 0.15) is 19.3 Å². The molecule has 2 unspecified atom stereocenters. The molecule has 1 aromatic carbocycles. The molecule has 3 heterocycles. The van der Waals surface area contributed by atoms with E-state index < -0.39 is 0 Å². The molecular formula is C25H33N5O4. The fourth-order valence-corrected chi connectivity index (χ4v) is 5.08. The predicted octanol–water partition coefficient (Wildman–Crippen LogP) is 1.51. The highest BCUT2D eigenvalue weighted by Gasteiger charge is 2.33. The molecule has 3 aliphatic rings. The number of carbonyl (C=O) groups is 2. The maximum Gasteiger partial charge on any atom is 0.220 e. The maximum absolute atomic E-state index is 13.0. The molecule has 0 aromatic heterocycles. The van der Waals surface area contributed by atoms with Crippen molar-refractivity contribution in [1.82, 2.24) is 10.2 Å². The molecule has 2 atom stereocenters. The number of fused-ring (bicyclic) bond motifs is 1. The summed E-state index contributed by atoms with van der Waals surface area (Å²) >= 11 is 0. The summed E-state index contributed by atoms with van der Waals surface area (Å²) in [6, 6.07) is 10.0. The van der Waals surface area contributed by atoms with Gasteiger partial charge in [0.2, 0.25) is 5.91 Å². The van der Waals surface area contributed by atoms with E-state index >= 15 is 0 Å². The zero-order chi connectivity index (χ0) is 24.1. The van der Waals surface area contributed by atoms with Gasteiger partial charge < -0.3 is 24.6 Å². The van der Waals surface area contributed by atoms with Crippen LogP contribution in [-0.4, -0.2) is 82.8 Å². The Morgan fingerprint density at radius 1 is 1.09 bits per heavy atom. The van der Waals surface area contributed by atoms with Gasteiger partial charge in [-0.3, -0.25) is 14.5 Å². The van der Waals surface area contributed by atoms with E-state index in [4.69, 9.17) is 9.47 Å². The Morgan fingerprint density at radius 2 is 1.76 bits per heavy atom. The largest absolute Gasteiger partial charge is 0.381 e. The zero-order valence-corrected chi connectivity index (χ0v) is 20.0. The van der Waals surface area contributed by atoms with E-state index in [9.17, 15) is 14.9 Å². The number of morpholine rings is 1. The first-order valence-electron chi connectivity index (χ1n) is 11.9. The monoisotopic (exact) mass is 467 g/mol. The molecule has 182 valence electrons. The fraction of sp³-hybridized carbons (Fsp3) is 0.560. The topological polar surface area (TPSA) is 98.1 Å². The molecule has 0 radical (unpaired) electrons. The number of Topliss-reactive ketones (excluding diaryl/α,β-unsaturated/α-hetero) is 1. The first-order chi connectivity index (χ1) is 16.5. The minimum atomic E-state index is -0.326. The third-order valence-corrected chi connectivity index (χ3v) is 6.97. The van der Waals surface area contributed by atoms with Crippen LogP contribution in [0.3, 0.4) is 0 Å². The number of rotatable bonds is 8. The smallest absolute Gasteiger partial charge is 0.220 e. The van der Waals surface area contributed by atoms with Crippen LogP contribution in [0, 0.1) is 17.2 Å². The molecule has 9 heteroatoms. The quantitative estimate of drug-likeness (QED) is 0.454. The Balaban J connectivity index is 1.35. The Kier molecular flexibility index (Phi) is 7.83. The van der Waals surface area contributed by atoms with Crippen molar-refractivity contribution < 1.29 is 19.1 Å². The third-order valence-electron chi connectivity index (χ3n) is 6.97. The number of carbonyl (C=O) groups excluding carboxylic acids is 2. The molecule has 2 saturated heterocycles. The number of nitriles is 1. The van der Waals surface area contributed by atoms with Crippen LogP contribution in [0.4, 0.5) is 11.4 Å². The van der Waals surface area contributed by atoms with Gasteiger partial charge in [-0.1, -0.05) is 12.1 Å². The van der Waals surface area contributed by atoms with Crippen LogP contribution < -0.4 is 15.1 Å². The summed E-state index contributed by atoms with van der Waals surface area (Å²) in [5, 5.41) is 12.8. The standard InChI is InChI=1S/C25H33N5O4/c1-28-20-5-3-4-6-21(20)29(2)25(28)19(15-26)23(31)7-8-24(32)27-16-22(18-9-12-34-17-18)30-10-13-33-14-11-30/h3-6,18,22H,7-14,16-17H2,1-2H3,(H,27,32). The van der Waals surface area contributed by atoms with Crippen molar-refractivity contribution in [2.24, 2.45) is 5.92 Å². The number of para-hydroxylation sites is 2. The Hall–Kier alpha value is -2.93. The Bertz CT molecular complexity index is 945. The van der Waals surface area contributed by atoms with Gasteiger partial charge in [0.05, 0.1) is 31.2 Å². The van der Waals surface area contributed by atoms with Gasteiger partial charge >= 0.3 is 0 Å². The van der Waals surface area contributed by atoms with Crippen molar-refractivity contribution in [2.75, 3.05) is 70.0 Å². The second-order valence-corrected chi connectivity index (χ2v) is 8.98. The second kappa shape index (κ2) is 11.0. The molecule has 2 fully saturated rings. The van der Waals surface area contributed by atoms with Crippen molar-refractivity contribution in [1.29, 1.82) is 5.26 Å². The van der Waals surface area contributed by atoms with Crippen molar-refractivity contribution in [3.63, 3.8) is 0 Å². The maximum atomic E-state index is 13.0. The molecule has 1 amide bonds. The zero-order valence-electron chi connectivity index (χ0n) is 20.0. The normalized spacial score (nSPS) is 21.2. The molecule has 0 bridgehead atoms. The number of anilines is 2. The number of nitrogens with one attached hydrogen (secondary N) is 1. The lowest BCUT2D eigenvalue weighted by atomic mass is 9.96.